The van der Waals surface area contributed by atoms with Crippen molar-refractivity contribution in [1.82, 2.24) is 14.3 Å². The van der Waals surface area contributed by atoms with Crippen LogP contribution >= 0.6 is 0 Å². The molecule has 1 amide bonds. The van der Waals surface area contributed by atoms with Crippen molar-refractivity contribution in [2.75, 3.05) is 29.7 Å². The molecule has 10 heteroatoms. The molecule has 172 valence electrons. The lowest BCUT2D eigenvalue weighted by atomic mass is 10.1. The lowest BCUT2D eigenvalue weighted by Gasteiger charge is -2.24. The van der Waals surface area contributed by atoms with E-state index in [0.717, 1.165) is 39.7 Å². The van der Waals surface area contributed by atoms with Crippen molar-refractivity contribution in [3.05, 3.63) is 53.3 Å². The van der Waals surface area contributed by atoms with Crippen LogP contribution in [0.25, 0.3) is 11.0 Å². The molecule has 0 unspecified atom stereocenters. The maximum atomic E-state index is 12.4. The number of anilines is 2. The lowest BCUT2D eigenvalue weighted by molar-refractivity contribution is 0.130. The van der Waals surface area contributed by atoms with Gasteiger partial charge in [-0.2, -0.15) is 4.72 Å². The molecule has 9 nitrogen and oxygen atoms in total. The van der Waals surface area contributed by atoms with Crippen LogP contribution in [0.5, 0.6) is 0 Å². The van der Waals surface area contributed by atoms with Crippen LogP contribution in [-0.2, 0) is 21.5 Å². The predicted molar refractivity (Wildman–Crippen MR) is 126 cm³/mol. The fraction of sp³-hybridized carbons (Fsp3) is 0.364. The number of nitrogens with zero attached hydrogens (tertiary/aromatic N) is 3. The van der Waals surface area contributed by atoms with Gasteiger partial charge >= 0.3 is 6.09 Å². The largest absolute Gasteiger partial charge is 0.427 e. The van der Waals surface area contributed by atoms with Crippen LogP contribution in [0.15, 0.2) is 36.7 Å². The summed E-state index contributed by atoms with van der Waals surface area (Å²) < 4.78 is 32.4. The van der Waals surface area contributed by atoms with E-state index < -0.39 is 16.1 Å². The second-order valence-corrected chi connectivity index (χ2v) is 9.59. The van der Waals surface area contributed by atoms with Gasteiger partial charge in [0.1, 0.15) is 0 Å². The van der Waals surface area contributed by atoms with Gasteiger partial charge in [0, 0.05) is 17.9 Å². The van der Waals surface area contributed by atoms with Crippen molar-refractivity contribution < 1.29 is 17.9 Å². The summed E-state index contributed by atoms with van der Waals surface area (Å²) in [6.45, 7) is 8.70. The Morgan fingerprint density at radius 1 is 1.12 bits per heavy atom. The van der Waals surface area contributed by atoms with Crippen LogP contribution in [-0.4, -0.2) is 43.5 Å². The molecule has 1 aromatic heterocycles. The van der Waals surface area contributed by atoms with Gasteiger partial charge in [0.05, 0.1) is 30.3 Å². The molecule has 0 spiro atoms. The van der Waals surface area contributed by atoms with Gasteiger partial charge in [-0.3, -0.25) is 9.88 Å². The summed E-state index contributed by atoms with van der Waals surface area (Å²) in [5, 5.41) is 2.76. The number of benzene rings is 2. The molecule has 2 aromatic carbocycles. The highest BCUT2D eigenvalue weighted by atomic mass is 32.2. The maximum absolute atomic E-state index is 12.4. The van der Waals surface area contributed by atoms with Gasteiger partial charge in [0.25, 0.3) is 0 Å². The molecule has 0 aliphatic heterocycles. The summed E-state index contributed by atoms with van der Waals surface area (Å²) in [7, 11) is -3.29. The molecular weight excluding hydrogens is 430 g/mol. The van der Waals surface area contributed by atoms with Crippen molar-refractivity contribution in [3.63, 3.8) is 0 Å². The first-order valence-electron chi connectivity index (χ1n) is 10.2. The van der Waals surface area contributed by atoms with Crippen LogP contribution in [0, 0.1) is 20.8 Å². The summed E-state index contributed by atoms with van der Waals surface area (Å²) in [5.41, 5.74) is 6.36. The van der Waals surface area contributed by atoms with Crippen molar-refractivity contribution >= 4 is 38.5 Å². The van der Waals surface area contributed by atoms with E-state index in [1.807, 2.05) is 56.9 Å². The van der Waals surface area contributed by atoms with Gasteiger partial charge in [-0.15, -0.1) is 0 Å². The average Bonchev–Trinajstić information content (AvgIpc) is 3.10. The van der Waals surface area contributed by atoms with Crippen LogP contribution in [0.4, 0.5) is 16.2 Å². The molecule has 0 aliphatic carbocycles. The highest BCUT2D eigenvalue weighted by molar-refractivity contribution is 7.88. The Morgan fingerprint density at radius 3 is 2.50 bits per heavy atom. The number of ether oxygens (including phenoxy) is 1. The normalized spacial score (nSPS) is 11.5. The van der Waals surface area contributed by atoms with Gasteiger partial charge in [0.2, 0.25) is 10.0 Å². The Labute approximate surface area is 188 Å². The average molecular weight is 460 g/mol. The number of fused-ring (bicyclic) bond motifs is 1. The van der Waals surface area contributed by atoms with Gasteiger partial charge < -0.3 is 9.64 Å². The van der Waals surface area contributed by atoms with Crippen LogP contribution in [0.1, 0.15) is 23.6 Å². The summed E-state index contributed by atoms with van der Waals surface area (Å²) >= 11 is 0. The molecule has 0 saturated heterocycles. The van der Waals surface area contributed by atoms with Crippen LogP contribution in [0.3, 0.4) is 0 Å². The smallest absolute Gasteiger partial charge is 0.413 e. The summed E-state index contributed by atoms with van der Waals surface area (Å²) in [4.78, 5) is 18.6. The fourth-order valence-electron chi connectivity index (χ4n) is 3.26. The van der Waals surface area contributed by atoms with Crippen molar-refractivity contribution in [2.24, 2.45) is 0 Å². The number of amides is 1. The third kappa shape index (κ3) is 5.77. The first-order chi connectivity index (χ1) is 15.1. The quantitative estimate of drug-likeness (QED) is 0.500. The number of carbonyl (C=O) groups is 1. The van der Waals surface area contributed by atoms with Gasteiger partial charge in [0.15, 0.2) is 6.73 Å². The molecule has 2 N–H and O–H groups in total. The van der Waals surface area contributed by atoms with E-state index in [0.29, 0.717) is 12.2 Å². The predicted octanol–water partition coefficient (Wildman–Crippen LogP) is 3.50. The Hall–Kier alpha value is -3.11. The number of sulfonamides is 1. The number of nitrogens with one attached hydrogen (secondary N) is 2. The summed E-state index contributed by atoms with van der Waals surface area (Å²) in [6.07, 6.45) is 2.21. The van der Waals surface area contributed by atoms with Gasteiger partial charge in [-0.25, -0.2) is 18.2 Å². The van der Waals surface area contributed by atoms with Crippen molar-refractivity contribution in [3.8, 4) is 0 Å². The van der Waals surface area contributed by atoms with Crippen molar-refractivity contribution in [1.29, 1.82) is 0 Å². The molecule has 1 heterocycles. The minimum Gasteiger partial charge on any atom is -0.427 e. The standard InChI is InChI=1S/C22H29N5O4S/c1-6-26(13-24-32(5,29)30)18-7-8-19(17(4)9-18)25-22(28)31-14-27-12-23-20-10-15(2)16(3)11-21(20)27/h7-12,24H,6,13-14H2,1-5H3,(H,25,28). The van der Waals surface area contributed by atoms with Crippen molar-refractivity contribution in [2.45, 2.75) is 34.4 Å². The molecule has 0 fully saturated rings. The van der Waals surface area contributed by atoms with Gasteiger partial charge in [-0.05, 0) is 74.7 Å². The number of hydrogen-bond acceptors (Lipinski definition) is 6. The molecule has 3 aromatic rings. The fourth-order valence-corrected chi connectivity index (χ4v) is 3.65. The Morgan fingerprint density at radius 2 is 1.84 bits per heavy atom. The van der Waals surface area contributed by atoms with E-state index in [-0.39, 0.29) is 13.4 Å². The van der Waals surface area contributed by atoms with E-state index >= 15 is 0 Å². The summed E-state index contributed by atoms with van der Waals surface area (Å²) in [5.74, 6) is 0. The zero-order valence-corrected chi connectivity index (χ0v) is 19.8. The topological polar surface area (TPSA) is 106 Å². The number of carbonyl (C=O) groups excluding carboxylic acids is 1. The number of imidazole rings is 1. The minimum atomic E-state index is -3.29. The Bertz CT molecular complexity index is 1240. The number of rotatable bonds is 8. The maximum Gasteiger partial charge on any atom is 0.413 e. The molecule has 0 radical (unpaired) electrons. The highest BCUT2D eigenvalue weighted by Gasteiger charge is 2.12. The molecule has 32 heavy (non-hydrogen) atoms. The summed E-state index contributed by atoms with van der Waals surface area (Å²) in [6, 6.07) is 9.52. The molecule has 0 atom stereocenters. The SMILES string of the molecule is CCN(CNS(C)(=O)=O)c1ccc(NC(=O)OCn2cnc3cc(C)c(C)cc32)c(C)c1. The van der Waals surface area contributed by atoms with E-state index in [1.165, 1.54) is 0 Å². The zero-order chi connectivity index (χ0) is 23.5. The first-order valence-corrected chi connectivity index (χ1v) is 12.1. The number of aryl methyl sites for hydroxylation is 3. The third-order valence-electron chi connectivity index (χ3n) is 5.28. The van der Waals surface area contributed by atoms with Crippen LogP contribution in [0.2, 0.25) is 0 Å². The minimum absolute atomic E-state index is 0.0444. The monoisotopic (exact) mass is 459 g/mol. The van der Waals surface area contributed by atoms with Crippen LogP contribution < -0.4 is 14.9 Å². The highest BCUT2D eigenvalue weighted by Crippen LogP contribution is 2.23. The molecular formula is C22H29N5O4S. The van der Waals surface area contributed by atoms with Gasteiger partial charge in [-0.1, -0.05) is 0 Å². The number of hydrogen-bond donors (Lipinski definition) is 2. The second kappa shape index (κ2) is 9.58. The van der Waals surface area contributed by atoms with E-state index in [9.17, 15) is 13.2 Å². The van der Waals surface area contributed by atoms with E-state index in [1.54, 1.807) is 17.0 Å². The Kier molecular flexibility index (Phi) is 7.05. The van der Waals surface area contributed by atoms with E-state index in [4.69, 9.17) is 4.74 Å². The van der Waals surface area contributed by atoms with E-state index in [2.05, 4.69) is 15.0 Å². The zero-order valence-electron chi connectivity index (χ0n) is 19.0. The lowest BCUT2D eigenvalue weighted by Crippen LogP contribution is -2.37. The number of aromatic nitrogens is 2. The second-order valence-electron chi connectivity index (χ2n) is 7.76. The molecule has 0 bridgehead atoms. The Balaban J connectivity index is 1.63. The molecule has 3 rings (SSSR count). The third-order valence-corrected chi connectivity index (χ3v) is 5.94. The molecule has 0 saturated carbocycles. The molecule has 0 aliphatic rings. The first kappa shape index (κ1) is 23.6.